The van der Waals surface area contributed by atoms with Crippen LogP contribution in [0.2, 0.25) is 0 Å². The largest absolute Gasteiger partial charge is 0.394 e. The van der Waals surface area contributed by atoms with Crippen LogP contribution in [-0.4, -0.2) is 44.6 Å². The first-order chi connectivity index (χ1) is 8.56. The lowest BCUT2D eigenvalue weighted by molar-refractivity contribution is -0.0443. The number of hydrogen-bond acceptors (Lipinski definition) is 5. The van der Waals surface area contributed by atoms with Gasteiger partial charge in [-0.3, -0.25) is 4.79 Å². The van der Waals surface area contributed by atoms with Crippen molar-refractivity contribution in [1.29, 1.82) is 0 Å². The van der Waals surface area contributed by atoms with Crippen molar-refractivity contribution in [3.05, 3.63) is 23.5 Å². The molecule has 0 spiro atoms. The molecule has 0 radical (unpaired) electrons. The molecule has 1 fully saturated rings. The molecule has 1 amide bonds. The molecule has 100 valence electrons. The summed E-state index contributed by atoms with van der Waals surface area (Å²) < 4.78 is 7.00. The van der Waals surface area contributed by atoms with Crippen LogP contribution < -0.4 is 5.73 Å². The summed E-state index contributed by atoms with van der Waals surface area (Å²) in [6.45, 7) is -0.571. The minimum Gasteiger partial charge on any atom is -0.394 e. The smallest absolute Gasteiger partial charge is 0.250 e. The predicted octanol–water partition coefficient (Wildman–Crippen LogP) is -1.28. The number of nitrogens with two attached hydrogens (primary N) is 1. The number of rotatable bonds is 4. The van der Waals surface area contributed by atoms with Gasteiger partial charge < -0.3 is 30.4 Å². The molecule has 1 aromatic rings. The number of carbonyl (C=O) groups excluding carboxylic acids is 1. The molecule has 18 heavy (non-hydrogen) atoms. The van der Waals surface area contributed by atoms with Crippen molar-refractivity contribution < 1.29 is 24.9 Å². The van der Waals surface area contributed by atoms with Gasteiger partial charge in [-0.05, 0) is 0 Å². The van der Waals surface area contributed by atoms with E-state index in [1.165, 1.54) is 6.20 Å². The van der Waals surface area contributed by atoms with Gasteiger partial charge in [-0.2, -0.15) is 0 Å². The van der Waals surface area contributed by atoms with Gasteiger partial charge in [-0.25, -0.2) is 0 Å². The molecule has 7 nitrogen and oxygen atoms in total. The van der Waals surface area contributed by atoms with E-state index in [4.69, 9.17) is 20.7 Å². The number of primary amides is 1. The SMILES string of the molecule is NC(=O)c1cn(C2CC(O)C(CO)O2)cc1CO. The van der Waals surface area contributed by atoms with Gasteiger partial charge in [-0.15, -0.1) is 0 Å². The van der Waals surface area contributed by atoms with Crippen LogP contribution in [0.3, 0.4) is 0 Å². The summed E-state index contributed by atoms with van der Waals surface area (Å²) >= 11 is 0. The Kier molecular flexibility index (Phi) is 3.67. The second kappa shape index (κ2) is 5.07. The summed E-state index contributed by atoms with van der Waals surface area (Å²) in [5.74, 6) is -0.630. The van der Waals surface area contributed by atoms with Crippen LogP contribution in [0, 0.1) is 0 Å². The number of amides is 1. The van der Waals surface area contributed by atoms with E-state index in [0.717, 1.165) is 0 Å². The maximum atomic E-state index is 11.2. The van der Waals surface area contributed by atoms with E-state index >= 15 is 0 Å². The minimum absolute atomic E-state index is 0.225. The Hall–Kier alpha value is -1.41. The summed E-state index contributed by atoms with van der Waals surface area (Å²) in [4.78, 5) is 11.2. The number of carbonyl (C=O) groups is 1. The van der Waals surface area contributed by atoms with Gasteiger partial charge in [0.15, 0.2) is 0 Å². The standard InChI is InChI=1S/C11H16N2O5/c12-11(17)7-3-13(2-6(7)4-14)10-1-8(16)9(5-15)18-10/h2-3,8-10,14-16H,1,4-5H2,(H2,12,17). The van der Waals surface area contributed by atoms with Crippen molar-refractivity contribution in [3.63, 3.8) is 0 Å². The first-order valence-corrected chi connectivity index (χ1v) is 5.62. The highest BCUT2D eigenvalue weighted by molar-refractivity contribution is 5.94. The normalized spacial score (nSPS) is 27.6. The van der Waals surface area contributed by atoms with Crippen LogP contribution in [0.5, 0.6) is 0 Å². The Balaban J connectivity index is 2.22. The fourth-order valence-corrected chi connectivity index (χ4v) is 2.10. The summed E-state index contributed by atoms with van der Waals surface area (Å²) in [7, 11) is 0. The topological polar surface area (TPSA) is 118 Å². The molecular formula is C11H16N2O5. The third-order valence-corrected chi connectivity index (χ3v) is 3.08. The van der Waals surface area contributed by atoms with E-state index in [2.05, 4.69) is 0 Å². The summed E-state index contributed by atoms with van der Waals surface area (Å²) in [6.07, 6.45) is 1.48. The molecular weight excluding hydrogens is 240 g/mol. The zero-order valence-electron chi connectivity index (χ0n) is 9.69. The van der Waals surface area contributed by atoms with Crippen LogP contribution in [0.25, 0.3) is 0 Å². The van der Waals surface area contributed by atoms with Crippen molar-refractivity contribution in [1.82, 2.24) is 4.57 Å². The molecule has 3 unspecified atom stereocenters. The van der Waals surface area contributed by atoms with Crippen LogP contribution in [0.1, 0.15) is 28.6 Å². The molecule has 0 bridgehead atoms. The van der Waals surface area contributed by atoms with Crippen molar-refractivity contribution in [2.45, 2.75) is 31.5 Å². The zero-order chi connectivity index (χ0) is 13.3. The maximum absolute atomic E-state index is 11.2. The third kappa shape index (κ3) is 2.25. The predicted molar refractivity (Wildman–Crippen MR) is 60.5 cm³/mol. The molecule has 2 heterocycles. The van der Waals surface area contributed by atoms with E-state index in [1.54, 1.807) is 10.8 Å². The molecule has 1 aromatic heterocycles. The second-order valence-corrected chi connectivity index (χ2v) is 4.28. The second-order valence-electron chi connectivity index (χ2n) is 4.28. The molecule has 1 aliphatic rings. The monoisotopic (exact) mass is 256 g/mol. The molecule has 5 N–H and O–H groups in total. The molecule has 7 heteroatoms. The lowest BCUT2D eigenvalue weighted by Crippen LogP contribution is -2.24. The first kappa shape index (κ1) is 13.0. The molecule has 0 aromatic carbocycles. The lowest BCUT2D eigenvalue weighted by atomic mass is 10.2. The number of ether oxygens (including phenoxy) is 1. The fourth-order valence-electron chi connectivity index (χ4n) is 2.10. The fraction of sp³-hybridized carbons (Fsp3) is 0.545. The quantitative estimate of drug-likeness (QED) is 0.535. The lowest BCUT2D eigenvalue weighted by Gasteiger charge is -2.13. The average molecular weight is 256 g/mol. The highest BCUT2D eigenvalue weighted by Crippen LogP contribution is 2.29. The van der Waals surface area contributed by atoms with Gasteiger partial charge in [0.25, 0.3) is 5.91 Å². The van der Waals surface area contributed by atoms with Gasteiger partial charge in [0.1, 0.15) is 12.3 Å². The Labute approximate surface area is 103 Å². The van der Waals surface area contributed by atoms with Crippen molar-refractivity contribution in [3.8, 4) is 0 Å². The van der Waals surface area contributed by atoms with Gasteiger partial charge >= 0.3 is 0 Å². The third-order valence-electron chi connectivity index (χ3n) is 3.08. The van der Waals surface area contributed by atoms with Gasteiger partial charge in [0.2, 0.25) is 0 Å². The van der Waals surface area contributed by atoms with E-state index in [9.17, 15) is 9.90 Å². The van der Waals surface area contributed by atoms with Crippen molar-refractivity contribution >= 4 is 5.91 Å². The molecule has 3 atom stereocenters. The first-order valence-electron chi connectivity index (χ1n) is 5.62. The molecule has 2 rings (SSSR count). The Morgan fingerprint density at radius 1 is 1.50 bits per heavy atom. The summed E-state index contributed by atoms with van der Waals surface area (Å²) in [6, 6.07) is 0. The number of aliphatic hydroxyl groups excluding tert-OH is 3. The van der Waals surface area contributed by atoms with Crippen molar-refractivity contribution in [2.24, 2.45) is 5.73 Å². The van der Waals surface area contributed by atoms with Crippen LogP contribution >= 0.6 is 0 Å². The maximum Gasteiger partial charge on any atom is 0.250 e. The Morgan fingerprint density at radius 3 is 2.67 bits per heavy atom. The van der Waals surface area contributed by atoms with Gasteiger partial charge in [-0.1, -0.05) is 0 Å². The molecule has 0 saturated carbocycles. The van der Waals surface area contributed by atoms with E-state index in [1.807, 2.05) is 0 Å². The zero-order valence-corrected chi connectivity index (χ0v) is 9.69. The number of nitrogens with zero attached hydrogens (tertiary/aromatic N) is 1. The van der Waals surface area contributed by atoms with E-state index in [-0.39, 0.29) is 18.8 Å². The summed E-state index contributed by atoms with van der Waals surface area (Å²) in [5, 5.41) is 27.7. The van der Waals surface area contributed by atoms with Crippen LogP contribution in [0.15, 0.2) is 12.4 Å². The number of aromatic nitrogens is 1. The average Bonchev–Trinajstić information content (AvgIpc) is 2.91. The highest BCUT2D eigenvalue weighted by atomic mass is 16.5. The Bertz CT molecular complexity index is 445. The van der Waals surface area contributed by atoms with Gasteiger partial charge in [0, 0.05) is 24.4 Å². The number of aliphatic hydroxyl groups is 3. The van der Waals surface area contributed by atoms with Crippen LogP contribution in [0.4, 0.5) is 0 Å². The molecule has 1 aliphatic heterocycles. The van der Waals surface area contributed by atoms with Gasteiger partial charge in [0.05, 0.1) is 24.9 Å². The molecule has 1 saturated heterocycles. The highest BCUT2D eigenvalue weighted by Gasteiger charge is 2.34. The minimum atomic E-state index is -0.753. The molecule has 0 aliphatic carbocycles. The summed E-state index contributed by atoms with van der Waals surface area (Å²) in [5.41, 5.74) is 5.82. The van der Waals surface area contributed by atoms with Crippen LogP contribution in [-0.2, 0) is 11.3 Å². The number of hydrogen-bond donors (Lipinski definition) is 4. The van der Waals surface area contributed by atoms with E-state index < -0.39 is 24.3 Å². The van der Waals surface area contributed by atoms with E-state index in [0.29, 0.717) is 12.0 Å². The Morgan fingerprint density at radius 2 is 2.22 bits per heavy atom. The van der Waals surface area contributed by atoms with Crippen molar-refractivity contribution in [2.75, 3.05) is 6.61 Å².